The lowest BCUT2D eigenvalue weighted by atomic mass is 9.84. The van der Waals surface area contributed by atoms with Gasteiger partial charge in [-0.2, -0.15) is 4.98 Å². The van der Waals surface area contributed by atoms with Gasteiger partial charge in [0.15, 0.2) is 5.82 Å². The van der Waals surface area contributed by atoms with E-state index in [2.05, 4.69) is 27.4 Å². The number of amides is 1. The SMILES string of the molecule is CN1CCNCC1c1noc(C2CSCN2C(=O)C2CCC2)n1. The first-order valence-corrected chi connectivity index (χ1v) is 9.52. The normalized spacial score (nSPS) is 29.7. The molecular weight excluding hydrogens is 314 g/mol. The fourth-order valence-corrected chi connectivity index (χ4v) is 4.52. The summed E-state index contributed by atoms with van der Waals surface area (Å²) in [4.78, 5) is 21.4. The summed E-state index contributed by atoms with van der Waals surface area (Å²) in [5, 5.41) is 7.56. The Kier molecular flexibility index (Phi) is 4.29. The van der Waals surface area contributed by atoms with Crippen molar-refractivity contribution < 1.29 is 9.32 Å². The van der Waals surface area contributed by atoms with Crippen LogP contribution in [0.15, 0.2) is 4.52 Å². The lowest BCUT2D eigenvalue weighted by Gasteiger charge is -2.31. The van der Waals surface area contributed by atoms with Crippen molar-refractivity contribution in [3.8, 4) is 0 Å². The number of aromatic nitrogens is 2. The third-order valence-electron chi connectivity index (χ3n) is 5.17. The number of nitrogens with zero attached hydrogens (tertiary/aromatic N) is 4. The summed E-state index contributed by atoms with van der Waals surface area (Å²) < 4.78 is 5.54. The smallest absolute Gasteiger partial charge is 0.250 e. The Labute approximate surface area is 140 Å². The van der Waals surface area contributed by atoms with Crippen molar-refractivity contribution in [3.63, 3.8) is 0 Å². The zero-order valence-corrected chi connectivity index (χ0v) is 14.2. The van der Waals surface area contributed by atoms with E-state index in [0.29, 0.717) is 5.89 Å². The summed E-state index contributed by atoms with van der Waals surface area (Å²) in [6, 6.07) is 0.0855. The molecule has 0 radical (unpaired) electrons. The molecule has 0 spiro atoms. The molecule has 2 saturated heterocycles. The van der Waals surface area contributed by atoms with Crippen LogP contribution in [0.2, 0.25) is 0 Å². The highest BCUT2D eigenvalue weighted by Gasteiger charge is 2.39. The van der Waals surface area contributed by atoms with Gasteiger partial charge >= 0.3 is 0 Å². The van der Waals surface area contributed by atoms with Crippen molar-refractivity contribution in [1.82, 2.24) is 25.3 Å². The molecule has 1 aromatic rings. The number of carbonyl (C=O) groups is 1. The molecule has 2 unspecified atom stereocenters. The maximum Gasteiger partial charge on any atom is 0.250 e. The third kappa shape index (κ3) is 2.88. The Hall–Kier alpha value is -1.12. The highest BCUT2D eigenvalue weighted by atomic mass is 32.2. The first-order chi connectivity index (χ1) is 11.2. The number of rotatable bonds is 3. The monoisotopic (exact) mass is 337 g/mol. The fourth-order valence-electron chi connectivity index (χ4n) is 3.37. The van der Waals surface area contributed by atoms with Crippen LogP contribution in [0.25, 0.3) is 0 Å². The molecule has 126 valence electrons. The molecule has 0 aromatic carbocycles. The molecule has 4 rings (SSSR count). The molecule has 8 heteroatoms. The van der Waals surface area contributed by atoms with Crippen molar-refractivity contribution in [2.24, 2.45) is 5.92 Å². The predicted octanol–water partition coefficient (Wildman–Crippen LogP) is 1.02. The molecule has 1 N–H and O–H groups in total. The Bertz CT molecular complexity index is 576. The second-order valence-electron chi connectivity index (χ2n) is 6.64. The molecule has 2 aliphatic heterocycles. The maximum absolute atomic E-state index is 12.6. The zero-order chi connectivity index (χ0) is 15.8. The van der Waals surface area contributed by atoms with Gasteiger partial charge in [0.05, 0.1) is 11.9 Å². The lowest BCUT2D eigenvalue weighted by molar-refractivity contribution is -0.139. The van der Waals surface area contributed by atoms with E-state index in [0.717, 1.165) is 49.9 Å². The largest absolute Gasteiger partial charge is 0.337 e. The van der Waals surface area contributed by atoms with E-state index in [1.165, 1.54) is 6.42 Å². The Morgan fingerprint density at radius 3 is 3.00 bits per heavy atom. The Balaban J connectivity index is 1.50. The minimum atomic E-state index is -0.0591. The van der Waals surface area contributed by atoms with Crippen molar-refractivity contribution in [2.75, 3.05) is 38.3 Å². The minimum absolute atomic E-state index is 0.0591. The van der Waals surface area contributed by atoms with Gasteiger partial charge in [0.2, 0.25) is 11.8 Å². The molecule has 3 fully saturated rings. The van der Waals surface area contributed by atoms with Crippen molar-refractivity contribution >= 4 is 17.7 Å². The summed E-state index contributed by atoms with van der Waals surface area (Å²) in [7, 11) is 2.08. The topological polar surface area (TPSA) is 74.5 Å². The first-order valence-electron chi connectivity index (χ1n) is 8.36. The molecule has 3 heterocycles. The quantitative estimate of drug-likeness (QED) is 0.882. The summed E-state index contributed by atoms with van der Waals surface area (Å²) in [6.45, 7) is 2.79. The van der Waals surface area contributed by atoms with Crippen molar-refractivity contribution in [3.05, 3.63) is 11.7 Å². The Morgan fingerprint density at radius 2 is 2.26 bits per heavy atom. The van der Waals surface area contributed by atoms with Crippen molar-refractivity contribution in [2.45, 2.75) is 31.3 Å². The lowest BCUT2D eigenvalue weighted by Crippen LogP contribution is -2.44. The molecule has 1 saturated carbocycles. The van der Waals surface area contributed by atoms with E-state index >= 15 is 0 Å². The van der Waals surface area contributed by atoms with Crippen LogP contribution in [0.1, 0.15) is 43.1 Å². The number of nitrogens with one attached hydrogen (secondary N) is 1. The van der Waals surface area contributed by atoms with E-state index in [4.69, 9.17) is 4.52 Å². The first kappa shape index (κ1) is 15.4. The van der Waals surface area contributed by atoms with Crippen LogP contribution >= 0.6 is 11.8 Å². The Morgan fingerprint density at radius 1 is 1.39 bits per heavy atom. The minimum Gasteiger partial charge on any atom is -0.337 e. The van der Waals surface area contributed by atoms with Gasteiger partial charge < -0.3 is 14.7 Å². The van der Waals surface area contributed by atoms with Crippen LogP contribution in [-0.2, 0) is 4.79 Å². The van der Waals surface area contributed by atoms with E-state index in [-0.39, 0.29) is 23.9 Å². The molecular formula is C15H23N5O2S. The number of hydrogen-bond acceptors (Lipinski definition) is 7. The van der Waals surface area contributed by atoms with E-state index in [1.54, 1.807) is 11.8 Å². The maximum atomic E-state index is 12.6. The summed E-state index contributed by atoms with van der Waals surface area (Å²) >= 11 is 1.77. The second kappa shape index (κ2) is 6.41. The van der Waals surface area contributed by atoms with Crippen molar-refractivity contribution in [1.29, 1.82) is 0 Å². The molecule has 1 aromatic heterocycles. The van der Waals surface area contributed by atoms with Crippen LogP contribution < -0.4 is 5.32 Å². The van der Waals surface area contributed by atoms with Gasteiger partial charge in [-0.1, -0.05) is 11.6 Å². The van der Waals surface area contributed by atoms with Crippen LogP contribution in [0.3, 0.4) is 0 Å². The van der Waals surface area contributed by atoms with Gasteiger partial charge in [0.25, 0.3) is 0 Å². The zero-order valence-electron chi connectivity index (χ0n) is 13.4. The highest BCUT2D eigenvalue weighted by molar-refractivity contribution is 7.99. The van der Waals surface area contributed by atoms with Gasteiger partial charge in [-0.05, 0) is 19.9 Å². The van der Waals surface area contributed by atoms with Gasteiger partial charge in [0, 0.05) is 31.3 Å². The van der Waals surface area contributed by atoms with Gasteiger partial charge in [-0.15, -0.1) is 11.8 Å². The summed E-state index contributed by atoms with van der Waals surface area (Å²) in [5.74, 6) is 3.38. The van der Waals surface area contributed by atoms with Crippen LogP contribution in [0.5, 0.6) is 0 Å². The standard InChI is InChI=1S/C15H23N5O2S/c1-19-6-5-16-7-11(19)13-17-14(22-18-13)12-8-23-9-20(12)15(21)10-3-2-4-10/h10-12,16H,2-9H2,1H3. The van der Waals surface area contributed by atoms with E-state index in [1.807, 2.05) is 4.90 Å². The molecule has 1 amide bonds. The summed E-state index contributed by atoms with van der Waals surface area (Å²) in [5.41, 5.74) is 0. The highest BCUT2D eigenvalue weighted by Crippen LogP contribution is 2.37. The molecule has 1 aliphatic carbocycles. The van der Waals surface area contributed by atoms with Crippen LogP contribution in [-0.4, -0.2) is 64.2 Å². The number of piperazine rings is 1. The number of likely N-dealkylation sites (N-methyl/N-ethyl adjacent to an activating group) is 1. The molecule has 3 aliphatic rings. The predicted molar refractivity (Wildman–Crippen MR) is 86.8 cm³/mol. The fraction of sp³-hybridized carbons (Fsp3) is 0.800. The summed E-state index contributed by atoms with van der Waals surface area (Å²) in [6.07, 6.45) is 3.23. The second-order valence-corrected chi connectivity index (χ2v) is 7.64. The molecule has 7 nitrogen and oxygen atoms in total. The number of hydrogen-bond donors (Lipinski definition) is 1. The van der Waals surface area contributed by atoms with Gasteiger partial charge in [-0.25, -0.2) is 0 Å². The van der Waals surface area contributed by atoms with Gasteiger partial charge in [0.1, 0.15) is 6.04 Å². The average molecular weight is 337 g/mol. The van der Waals surface area contributed by atoms with E-state index in [9.17, 15) is 4.79 Å². The average Bonchev–Trinajstić information content (AvgIpc) is 3.14. The number of carbonyl (C=O) groups excluding carboxylic acids is 1. The molecule has 23 heavy (non-hydrogen) atoms. The third-order valence-corrected chi connectivity index (χ3v) is 6.18. The van der Waals surface area contributed by atoms with Crippen LogP contribution in [0, 0.1) is 5.92 Å². The van der Waals surface area contributed by atoms with Crippen LogP contribution in [0.4, 0.5) is 0 Å². The van der Waals surface area contributed by atoms with E-state index < -0.39 is 0 Å². The molecule has 2 atom stereocenters. The van der Waals surface area contributed by atoms with Gasteiger partial charge in [-0.3, -0.25) is 9.69 Å². The molecule has 0 bridgehead atoms. The number of thioether (sulfide) groups is 1.